The molecule has 20 heavy (non-hydrogen) atoms. The van der Waals surface area contributed by atoms with Crippen LogP contribution >= 0.6 is 11.3 Å². The third-order valence-electron chi connectivity index (χ3n) is 3.08. The maximum Gasteiger partial charge on any atom is 0.326 e. The topological polar surface area (TPSA) is 96.6 Å². The normalized spacial score (nSPS) is 12.8. The smallest absolute Gasteiger partial charge is 0.326 e. The summed E-state index contributed by atoms with van der Waals surface area (Å²) < 4.78 is 1.78. The van der Waals surface area contributed by atoms with E-state index in [1.165, 1.54) is 11.3 Å². The lowest BCUT2D eigenvalue weighted by molar-refractivity contribution is -0.140. The second-order valence-electron chi connectivity index (χ2n) is 4.92. The minimum absolute atomic E-state index is 0.191. The summed E-state index contributed by atoms with van der Waals surface area (Å²) in [6.07, 6.45) is 0. The first-order valence-corrected chi connectivity index (χ1v) is 6.99. The lowest BCUT2D eigenvalue weighted by Gasteiger charge is -2.17. The number of thiazole rings is 1. The van der Waals surface area contributed by atoms with Gasteiger partial charge in [0.25, 0.3) is 5.91 Å². The van der Waals surface area contributed by atoms with Crippen molar-refractivity contribution in [1.29, 1.82) is 0 Å². The summed E-state index contributed by atoms with van der Waals surface area (Å²) in [5, 5.41) is 19.6. The maximum atomic E-state index is 12.2. The fourth-order valence-electron chi connectivity index (χ4n) is 1.99. The van der Waals surface area contributed by atoms with Gasteiger partial charge < -0.3 is 10.4 Å². The number of rotatable bonds is 4. The first kappa shape index (κ1) is 14.4. The number of fused-ring (bicyclic) bond motifs is 1. The molecule has 8 heteroatoms. The standard InChI is InChI=1S/C12H16N4O3S/c1-5(2)8(11(18)19)13-10(17)9-6(3)16-7(4)14-15-12(16)20-9/h5,8H,1-4H3,(H,13,17)(H,18,19). The molecule has 1 atom stereocenters. The molecule has 0 spiro atoms. The van der Waals surface area contributed by atoms with Crippen LogP contribution in [0.3, 0.4) is 0 Å². The minimum atomic E-state index is -1.04. The molecule has 2 N–H and O–H groups in total. The third-order valence-corrected chi connectivity index (χ3v) is 4.21. The van der Waals surface area contributed by atoms with Gasteiger partial charge in [-0.05, 0) is 19.8 Å². The Morgan fingerprint density at radius 1 is 1.30 bits per heavy atom. The van der Waals surface area contributed by atoms with Crippen LogP contribution in [0.2, 0.25) is 0 Å². The predicted octanol–water partition coefficient (Wildman–Crippen LogP) is 1.25. The second kappa shape index (κ2) is 5.20. The monoisotopic (exact) mass is 296 g/mol. The molecule has 0 saturated carbocycles. The molecule has 7 nitrogen and oxygen atoms in total. The highest BCUT2D eigenvalue weighted by atomic mass is 32.1. The highest BCUT2D eigenvalue weighted by Crippen LogP contribution is 2.22. The van der Waals surface area contributed by atoms with Crippen molar-refractivity contribution < 1.29 is 14.7 Å². The molecule has 0 aliphatic carbocycles. The lowest BCUT2D eigenvalue weighted by Crippen LogP contribution is -2.44. The van der Waals surface area contributed by atoms with Crippen LogP contribution in [-0.4, -0.2) is 37.6 Å². The maximum absolute atomic E-state index is 12.2. The molecular weight excluding hydrogens is 280 g/mol. The Morgan fingerprint density at radius 2 is 1.95 bits per heavy atom. The molecule has 0 aliphatic rings. The predicted molar refractivity (Wildman–Crippen MR) is 74.1 cm³/mol. The van der Waals surface area contributed by atoms with E-state index in [9.17, 15) is 9.59 Å². The Labute approximate surface area is 119 Å². The Balaban J connectivity index is 2.32. The highest BCUT2D eigenvalue weighted by Gasteiger charge is 2.26. The van der Waals surface area contributed by atoms with Crippen molar-refractivity contribution in [3.05, 3.63) is 16.4 Å². The summed E-state index contributed by atoms with van der Waals surface area (Å²) in [6.45, 7) is 7.10. The number of aliphatic carboxylic acids is 1. The molecular formula is C12H16N4O3S. The van der Waals surface area contributed by atoms with Gasteiger partial charge in [-0.15, -0.1) is 10.2 Å². The van der Waals surface area contributed by atoms with E-state index >= 15 is 0 Å². The summed E-state index contributed by atoms with van der Waals surface area (Å²) in [6, 6.07) is -0.907. The average Bonchev–Trinajstić information content (AvgIpc) is 2.87. The number of carbonyl (C=O) groups is 2. The number of carbonyl (C=O) groups excluding carboxylic acids is 1. The van der Waals surface area contributed by atoms with Crippen LogP contribution in [0.25, 0.3) is 4.96 Å². The van der Waals surface area contributed by atoms with Crippen molar-refractivity contribution >= 4 is 28.2 Å². The van der Waals surface area contributed by atoms with E-state index in [1.807, 2.05) is 0 Å². The summed E-state index contributed by atoms with van der Waals surface area (Å²) >= 11 is 1.20. The number of aromatic nitrogens is 3. The Morgan fingerprint density at radius 3 is 2.45 bits per heavy atom. The van der Waals surface area contributed by atoms with Gasteiger partial charge in [0.1, 0.15) is 16.7 Å². The molecule has 1 amide bonds. The minimum Gasteiger partial charge on any atom is -0.480 e. The number of nitrogens with one attached hydrogen (secondary N) is 1. The van der Waals surface area contributed by atoms with Crippen LogP contribution in [0.15, 0.2) is 0 Å². The Hall–Kier alpha value is -1.96. The van der Waals surface area contributed by atoms with Gasteiger partial charge in [0, 0.05) is 5.69 Å². The van der Waals surface area contributed by atoms with Crippen LogP contribution < -0.4 is 5.32 Å². The van der Waals surface area contributed by atoms with Crippen LogP contribution in [0.5, 0.6) is 0 Å². The van der Waals surface area contributed by atoms with Gasteiger partial charge in [-0.1, -0.05) is 25.2 Å². The molecule has 2 aromatic heterocycles. The van der Waals surface area contributed by atoms with Crippen molar-refractivity contribution in [2.24, 2.45) is 5.92 Å². The summed E-state index contributed by atoms with van der Waals surface area (Å²) in [4.78, 5) is 24.5. The number of hydrogen-bond donors (Lipinski definition) is 2. The molecule has 2 heterocycles. The Kier molecular flexibility index (Phi) is 3.76. The zero-order chi connectivity index (χ0) is 15.0. The highest BCUT2D eigenvalue weighted by molar-refractivity contribution is 7.19. The zero-order valence-electron chi connectivity index (χ0n) is 11.7. The van der Waals surface area contributed by atoms with E-state index in [0.717, 1.165) is 5.69 Å². The Bertz CT molecular complexity index is 674. The van der Waals surface area contributed by atoms with Crippen molar-refractivity contribution in [3.63, 3.8) is 0 Å². The van der Waals surface area contributed by atoms with E-state index in [1.54, 1.807) is 32.1 Å². The summed E-state index contributed by atoms with van der Waals surface area (Å²) in [5.74, 6) is -0.917. The van der Waals surface area contributed by atoms with E-state index < -0.39 is 17.9 Å². The molecule has 0 bridgehead atoms. The van der Waals surface area contributed by atoms with Gasteiger partial charge in [0.2, 0.25) is 4.96 Å². The van der Waals surface area contributed by atoms with Gasteiger partial charge in [-0.25, -0.2) is 4.79 Å². The average molecular weight is 296 g/mol. The van der Waals surface area contributed by atoms with E-state index in [0.29, 0.717) is 15.7 Å². The van der Waals surface area contributed by atoms with Crippen molar-refractivity contribution in [2.75, 3.05) is 0 Å². The van der Waals surface area contributed by atoms with Gasteiger partial charge in [-0.2, -0.15) is 0 Å². The van der Waals surface area contributed by atoms with Crippen molar-refractivity contribution in [2.45, 2.75) is 33.7 Å². The number of carboxylic acid groups (broad SMARTS) is 1. The first-order chi connectivity index (χ1) is 9.32. The number of carboxylic acids is 1. The van der Waals surface area contributed by atoms with E-state index in [4.69, 9.17) is 5.11 Å². The fraction of sp³-hybridized carbons (Fsp3) is 0.500. The zero-order valence-corrected chi connectivity index (χ0v) is 12.5. The largest absolute Gasteiger partial charge is 0.480 e. The van der Waals surface area contributed by atoms with Gasteiger partial charge in [0.05, 0.1) is 0 Å². The molecule has 0 saturated heterocycles. The molecule has 0 aromatic carbocycles. The van der Waals surface area contributed by atoms with Crippen LogP contribution in [0.1, 0.15) is 35.0 Å². The van der Waals surface area contributed by atoms with Crippen LogP contribution in [0.4, 0.5) is 0 Å². The van der Waals surface area contributed by atoms with Crippen molar-refractivity contribution in [3.8, 4) is 0 Å². The second-order valence-corrected chi connectivity index (χ2v) is 5.89. The summed E-state index contributed by atoms with van der Waals surface area (Å²) in [7, 11) is 0. The molecule has 2 rings (SSSR count). The number of aryl methyl sites for hydroxylation is 2. The van der Waals surface area contributed by atoms with Gasteiger partial charge in [-0.3, -0.25) is 9.20 Å². The van der Waals surface area contributed by atoms with Gasteiger partial charge in [0.15, 0.2) is 0 Å². The molecule has 108 valence electrons. The molecule has 2 aromatic rings. The fourth-order valence-corrected chi connectivity index (χ4v) is 3.01. The van der Waals surface area contributed by atoms with Crippen LogP contribution in [0, 0.1) is 19.8 Å². The van der Waals surface area contributed by atoms with E-state index in [-0.39, 0.29) is 5.92 Å². The number of hydrogen-bond acceptors (Lipinski definition) is 5. The molecule has 1 unspecified atom stereocenters. The lowest BCUT2D eigenvalue weighted by atomic mass is 10.0. The van der Waals surface area contributed by atoms with Crippen molar-refractivity contribution in [1.82, 2.24) is 19.9 Å². The third kappa shape index (κ3) is 2.38. The van der Waals surface area contributed by atoms with Gasteiger partial charge >= 0.3 is 5.97 Å². The molecule has 0 radical (unpaired) electrons. The molecule has 0 fully saturated rings. The number of amides is 1. The van der Waals surface area contributed by atoms with Crippen LogP contribution in [-0.2, 0) is 4.79 Å². The number of nitrogens with zero attached hydrogens (tertiary/aromatic N) is 3. The van der Waals surface area contributed by atoms with E-state index in [2.05, 4.69) is 15.5 Å². The quantitative estimate of drug-likeness (QED) is 0.885. The molecule has 0 aliphatic heterocycles. The SMILES string of the molecule is Cc1nnc2sc(C(=O)NC(C(=O)O)C(C)C)c(C)n12. The first-order valence-electron chi connectivity index (χ1n) is 6.17. The summed E-state index contributed by atoms with van der Waals surface area (Å²) in [5.41, 5.74) is 0.720.